The Hall–Kier alpha value is -1.01. The predicted molar refractivity (Wildman–Crippen MR) is 79.1 cm³/mol. The van der Waals surface area contributed by atoms with Gasteiger partial charge in [0.1, 0.15) is 0 Å². The van der Waals surface area contributed by atoms with Crippen LogP contribution in [-0.4, -0.2) is 49.1 Å². The first kappa shape index (κ1) is 13.0. The lowest BCUT2D eigenvalue weighted by atomic mass is 9.84. The molecular weight excluding hydrogens is 260 g/mol. The number of likely N-dealkylation sites (tertiary alicyclic amines) is 1. The van der Waals surface area contributed by atoms with Crippen molar-refractivity contribution in [2.45, 2.75) is 25.3 Å². The first-order valence-corrected chi connectivity index (χ1v) is 7.72. The van der Waals surface area contributed by atoms with Gasteiger partial charge in [0.15, 0.2) is 16.6 Å². The maximum Gasteiger partial charge on any atom is 0.197 e. The third-order valence-electron chi connectivity index (χ3n) is 4.49. The van der Waals surface area contributed by atoms with E-state index in [4.69, 9.17) is 10.5 Å². The van der Waals surface area contributed by atoms with Crippen LogP contribution in [0.15, 0.2) is 0 Å². The van der Waals surface area contributed by atoms with E-state index < -0.39 is 0 Å². The second kappa shape index (κ2) is 5.17. The topological polar surface area (TPSA) is 54.6 Å². The van der Waals surface area contributed by atoms with Crippen LogP contribution in [0.2, 0.25) is 0 Å². The summed E-state index contributed by atoms with van der Waals surface area (Å²) in [5.74, 6) is 2.04. The molecule has 5 nitrogen and oxygen atoms in total. The van der Waals surface area contributed by atoms with E-state index in [0.29, 0.717) is 5.82 Å². The van der Waals surface area contributed by atoms with Gasteiger partial charge in [-0.25, -0.2) is 0 Å². The summed E-state index contributed by atoms with van der Waals surface area (Å²) >= 11 is 1.46. The van der Waals surface area contributed by atoms with Crippen LogP contribution in [0.5, 0.6) is 5.75 Å². The van der Waals surface area contributed by atoms with Gasteiger partial charge in [-0.05, 0) is 50.3 Å². The Bertz CT molecular complexity index is 450. The Labute approximate surface area is 118 Å². The summed E-state index contributed by atoms with van der Waals surface area (Å²) in [7, 11) is 3.93. The lowest BCUT2D eigenvalue weighted by molar-refractivity contribution is 0.102. The molecule has 3 rings (SSSR count). The van der Waals surface area contributed by atoms with Crippen LogP contribution in [0, 0.1) is 5.92 Å². The third-order valence-corrected chi connectivity index (χ3v) is 5.40. The van der Waals surface area contributed by atoms with Crippen molar-refractivity contribution in [1.29, 1.82) is 0 Å². The molecule has 2 fully saturated rings. The minimum absolute atomic E-state index is 0.519. The number of nitrogens with zero attached hydrogens (tertiary/aromatic N) is 3. The number of fused-ring (bicyclic) bond motifs is 1. The quantitative estimate of drug-likeness (QED) is 0.894. The van der Waals surface area contributed by atoms with Gasteiger partial charge in [-0.3, -0.25) is 0 Å². The first-order chi connectivity index (χ1) is 9.20. The van der Waals surface area contributed by atoms with Crippen LogP contribution < -0.4 is 15.4 Å². The molecule has 19 heavy (non-hydrogen) atoms. The summed E-state index contributed by atoms with van der Waals surface area (Å²) in [5, 5.41) is 1.10. The van der Waals surface area contributed by atoms with Gasteiger partial charge >= 0.3 is 0 Å². The molecule has 106 valence electrons. The monoisotopic (exact) mass is 282 g/mol. The average Bonchev–Trinajstić information content (AvgIpc) is 2.79. The van der Waals surface area contributed by atoms with Crippen molar-refractivity contribution in [2.24, 2.45) is 5.92 Å². The zero-order valence-corrected chi connectivity index (χ0v) is 12.4. The Balaban J connectivity index is 1.77. The highest BCUT2D eigenvalue weighted by atomic mass is 32.1. The van der Waals surface area contributed by atoms with E-state index in [-0.39, 0.29) is 0 Å². The zero-order chi connectivity index (χ0) is 13.4. The van der Waals surface area contributed by atoms with Crippen molar-refractivity contribution in [3.63, 3.8) is 0 Å². The number of methoxy groups -OCH3 is 1. The molecule has 2 aliphatic rings. The van der Waals surface area contributed by atoms with Crippen molar-refractivity contribution < 1.29 is 4.74 Å². The molecule has 0 aliphatic carbocycles. The fourth-order valence-electron chi connectivity index (χ4n) is 3.52. The largest absolute Gasteiger partial charge is 0.490 e. The summed E-state index contributed by atoms with van der Waals surface area (Å²) < 4.78 is 9.62. The Kier molecular flexibility index (Phi) is 3.54. The van der Waals surface area contributed by atoms with E-state index >= 15 is 0 Å². The summed E-state index contributed by atoms with van der Waals surface area (Å²) in [6.07, 6.45) is 3.87. The molecule has 6 heteroatoms. The smallest absolute Gasteiger partial charge is 0.197 e. The highest BCUT2D eigenvalue weighted by Gasteiger charge is 2.35. The first-order valence-electron chi connectivity index (χ1n) is 6.95. The lowest BCUT2D eigenvalue weighted by Crippen LogP contribution is -2.52. The summed E-state index contributed by atoms with van der Waals surface area (Å²) in [6, 6.07) is 0.751. The minimum Gasteiger partial charge on any atom is -0.490 e. The molecule has 2 saturated heterocycles. The van der Waals surface area contributed by atoms with E-state index in [1.165, 1.54) is 37.3 Å². The molecule has 0 bridgehead atoms. The van der Waals surface area contributed by atoms with Gasteiger partial charge in [-0.2, -0.15) is 4.37 Å². The van der Waals surface area contributed by atoms with Gasteiger partial charge < -0.3 is 20.3 Å². The van der Waals surface area contributed by atoms with Gasteiger partial charge in [0, 0.05) is 19.1 Å². The van der Waals surface area contributed by atoms with Crippen molar-refractivity contribution >= 4 is 22.4 Å². The van der Waals surface area contributed by atoms with Gasteiger partial charge in [0.2, 0.25) is 0 Å². The Morgan fingerprint density at radius 2 is 2.21 bits per heavy atom. The van der Waals surface area contributed by atoms with Crippen LogP contribution in [0.25, 0.3) is 0 Å². The van der Waals surface area contributed by atoms with Gasteiger partial charge in [0.05, 0.1) is 7.11 Å². The van der Waals surface area contributed by atoms with Crippen LogP contribution in [0.3, 0.4) is 0 Å². The van der Waals surface area contributed by atoms with Crippen molar-refractivity contribution in [1.82, 2.24) is 9.27 Å². The molecule has 0 saturated carbocycles. The molecular formula is C13H22N4OS. The molecule has 2 aliphatic heterocycles. The average molecular weight is 282 g/mol. The second-order valence-corrected chi connectivity index (χ2v) is 6.34. The molecule has 2 atom stereocenters. The number of anilines is 2. The van der Waals surface area contributed by atoms with Crippen molar-refractivity contribution in [2.75, 3.05) is 44.4 Å². The molecule has 0 aromatic carbocycles. The van der Waals surface area contributed by atoms with Gasteiger partial charge in [-0.15, -0.1) is 0 Å². The number of hydrogen-bond donors (Lipinski definition) is 1. The van der Waals surface area contributed by atoms with E-state index in [1.54, 1.807) is 7.11 Å². The highest BCUT2D eigenvalue weighted by molar-refractivity contribution is 7.11. The zero-order valence-electron chi connectivity index (χ0n) is 11.6. The number of ether oxygens (including phenoxy) is 1. The molecule has 1 aromatic rings. The fraction of sp³-hybridized carbons (Fsp3) is 0.769. The predicted octanol–water partition coefficient (Wildman–Crippen LogP) is 1.65. The van der Waals surface area contributed by atoms with Crippen LogP contribution in [0.4, 0.5) is 10.8 Å². The summed E-state index contributed by atoms with van der Waals surface area (Å²) in [5.41, 5.74) is 5.85. The fourth-order valence-corrected chi connectivity index (χ4v) is 4.33. The molecule has 2 N–H and O–H groups in total. The van der Waals surface area contributed by atoms with Gasteiger partial charge in [-0.1, -0.05) is 0 Å². The highest BCUT2D eigenvalue weighted by Crippen LogP contribution is 2.41. The van der Waals surface area contributed by atoms with Crippen LogP contribution >= 0.6 is 11.5 Å². The molecule has 3 heterocycles. The maximum atomic E-state index is 5.85. The number of hydrogen-bond acceptors (Lipinski definition) is 6. The second-order valence-electron chi connectivity index (χ2n) is 5.59. The standard InChI is InChI=1S/C13H22N4OS/c1-16-6-3-4-9-8-17(7-5-10(9)16)13-11(18-2)12(14)15-19-13/h9-10H,3-8H2,1-2H3,(H2,14,15). The van der Waals surface area contributed by atoms with Crippen LogP contribution in [-0.2, 0) is 0 Å². The van der Waals surface area contributed by atoms with Crippen molar-refractivity contribution in [3.05, 3.63) is 0 Å². The maximum absolute atomic E-state index is 5.85. The van der Waals surface area contributed by atoms with E-state index in [1.807, 2.05) is 0 Å². The number of rotatable bonds is 2. The van der Waals surface area contributed by atoms with E-state index in [9.17, 15) is 0 Å². The van der Waals surface area contributed by atoms with E-state index in [2.05, 4.69) is 21.2 Å². The van der Waals surface area contributed by atoms with Crippen LogP contribution in [0.1, 0.15) is 19.3 Å². The molecule has 0 spiro atoms. The lowest BCUT2D eigenvalue weighted by Gasteiger charge is -2.46. The van der Waals surface area contributed by atoms with E-state index in [0.717, 1.165) is 35.8 Å². The minimum atomic E-state index is 0.519. The SMILES string of the molecule is COc1c(N)nsc1N1CCC2C(CCCN2C)C1. The molecule has 2 unspecified atom stereocenters. The summed E-state index contributed by atoms with van der Waals surface area (Å²) in [4.78, 5) is 4.94. The molecule has 0 amide bonds. The number of piperidine rings is 2. The van der Waals surface area contributed by atoms with Crippen molar-refractivity contribution in [3.8, 4) is 5.75 Å². The number of nitrogens with two attached hydrogens (primary N) is 1. The Morgan fingerprint density at radius 1 is 1.37 bits per heavy atom. The van der Waals surface area contributed by atoms with Gasteiger partial charge in [0.25, 0.3) is 0 Å². The number of aromatic nitrogens is 1. The number of nitrogen functional groups attached to an aromatic ring is 1. The third kappa shape index (κ3) is 2.27. The Morgan fingerprint density at radius 3 is 3.00 bits per heavy atom. The molecule has 1 aromatic heterocycles. The normalized spacial score (nSPS) is 28.2. The molecule has 0 radical (unpaired) electrons. The summed E-state index contributed by atoms with van der Waals surface area (Å²) in [6.45, 7) is 3.43.